The Bertz CT molecular complexity index is 1820. The van der Waals surface area contributed by atoms with Gasteiger partial charge in [0.15, 0.2) is 11.6 Å². The van der Waals surface area contributed by atoms with E-state index in [2.05, 4.69) is 51.3 Å². The van der Waals surface area contributed by atoms with Crippen molar-refractivity contribution in [1.29, 1.82) is 0 Å². The number of benzene rings is 2. The SMILES string of the molecule is C[C@@H](NC(=O)[C@H](Cc1ccc(-c2ncc(-c3ncc(-c4ccccc4)cn3)cn2)cc1)NC(=O)c1ccc(C(C)(C)C)s1)C(=O)O. The first-order chi connectivity index (χ1) is 22.0. The maximum atomic E-state index is 13.1. The number of nitrogens with one attached hydrogen (secondary N) is 2. The quantitative estimate of drug-likeness (QED) is 0.181. The van der Waals surface area contributed by atoms with E-state index in [9.17, 15) is 19.5 Å². The Morgan fingerprint density at radius 1 is 0.739 bits per heavy atom. The van der Waals surface area contributed by atoms with Crippen molar-refractivity contribution in [2.24, 2.45) is 0 Å². The standard InChI is InChI=1S/C35H34N6O4S/c1-21(34(44)45)40-32(42)27(41-33(43)28-14-15-29(46-28)35(2,3)4)16-22-10-12-24(13-11-22)30-38-19-26(20-39-30)31-36-17-25(18-37-31)23-8-6-5-7-9-23/h5-15,17-21,27H,16H2,1-4H3,(H,40,42)(H,41,43)(H,44,45)/t21-,27+/m1/s1. The third-order valence-corrected chi connectivity index (χ3v) is 8.75. The highest BCUT2D eigenvalue weighted by atomic mass is 32.1. The Morgan fingerprint density at radius 3 is 1.89 bits per heavy atom. The number of hydrogen-bond donors (Lipinski definition) is 3. The molecule has 3 N–H and O–H groups in total. The van der Waals surface area contributed by atoms with Crippen LogP contribution >= 0.6 is 11.3 Å². The molecule has 46 heavy (non-hydrogen) atoms. The van der Waals surface area contributed by atoms with Crippen LogP contribution in [0.15, 0.2) is 91.5 Å². The molecule has 0 spiro atoms. The number of amides is 2. The molecular weight excluding hydrogens is 600 g/mol. The molecule has 0 saturated heterocycles. The van der Waals surface area contributed by atoms with Crippen LogP contribution < -0.4 is 10.6 Å². The molecule has 3 aromatic heterocycles. The average Bonchev–Trinajstić information content (AvgIpc) is 3.57. The van der Waals surface area contributed by atoms with Crippen LogP contribution in [0.3, 0.4) is 0 Å². The molecule has 11 heteroatoms. The lowest BCUT2D eigenvalue weighted by atomic mass is 9.95. The van der Waals surface area contributed by atoms with Crippen LogP contribution in [0.25, 0.3) is 33.9 Å². The Labute approximate surface area is 271 Å². The predicted octanol–water partition coefficient (Wildman–Crippen LogP) is 5.56. The van der Waals surface area contributed by atoms with Crippen molar-refractivity contribution in [3.8, 4) is 33.9 Å². The minimum absolute atomic E-state index is 0.120. The van der Waals surface area contributed by atoms with E-state index in [1.165, 1.54) is 18.3 Å². The van der Waals surface area contributed by atoms with E-state index in [0.29, 0.717) is 22.1 Å². The second-order valence-corrected chi connectivity index (χ2v) is 13.0. The summed E-state index contributed by atoms with van der Waals surface area (Å²) in [6, 6.07) is 18.7. The van der Waals surface area contributed by atoms with Crippen LogP contribution in [0.5, 0.6) is 0 Å². The summed E-state index contributed by atoms with van der Waals surface area (Å²) in [4.78, 5) is 57.1. The molecule has 5 rings (SSSR count). The van der Waals surface area contributed by atoms with E-state index in [1.54, 1.807) is 30.9 Å². The third kappa shape index (κ3) is 7.86. The molecular formula is C35H34N6O4S. The number of nitrogens with zero attached hydrogens (tertiary/aromatic N) is 4. The van der Waals surface area contributed by atoms with Crippen molar-refractivity contribution in [3.05, 3.63) is 107 Å². The second kappa shape index (κ2) is 13.8. The molecule has 0 fully saturated rings. The molecule has 0 aliphatic carbocycles. The molecule has 10 nitrogen and oxygen atoms in total. The van der Waals surface area contributed by atoms with Gasteiger partial charge < -0.3 is 15.7 Å². The average molecular weight is 635 g/mol. The molecule has 2 amide bonds. The molecule has 234 valence electrons. The van der Waals surface area contributed by atoms with Crippen LogP contribution in [-0.4, -0.2) is 54.9 Å². The first-order valence-electron chi connectivity index (χ1n) is 14.7. The van der Waals surface area contributed by atoms with Gasteiger partial charge in [-0.05, 0) is 35.6 Å². The molecule has 0 aliphatic heterocycles. The van der Waals surface area contributed by atoms with Gasteiger partial charge in [-0.3, -0.25) is 14.4 Å². The largest absolute Gasteiger partial charge is 0.480 e. The van der Waals surface area contributed by atoms with Crippen molar-refractivity contribution in [2.75, 3.05) is 0 Å². The van der Waals surface area contributed by atoms with Crippen LogP contribution in [0.1, 0.15) is 47.8 Å². The Morgan fingerprint density at radius 2 is 1.33 bits per heavy atom. The number of aromatic nitrogens is 4. The fourth-order valence-electron chi connectivity index (χ4n) is 4.55. The van der Waals surface area contributed by atoms with Crippen molar-refractivity contribution in [3.63, 3.8) is 0 Å². The maximum Gasteiger partial charge on any atom is 0.325 e. The normalized spacial score (nSPS) is 12.6. The Hall–Kier alpha value is -5.29. The van der Waals surface area contributed by atoms with Gasteiger partial charge in [0.2, 0.25) is 5.91 Å². The topological polar surface area (TPSA) is 147 Å². The highest BCUT2D eigenvalue weighted by molar-refractivity contribution is 7.14. The fourth-order valence-corrected chi connectivity index (χ4v) is 5.52. The first kappa shape index (κ1) is 32.1. The molecule has 0 aliphatic rings. The van der Waals surface area contributed by atoms with Gasteiger partial charge in [-0.2, -0.15) is 0 Å². The van der Waals surface area contributed by atoms with Gasteiger partial charge in [0.25, 0.3) is 5.91 Å². The van der Waals surface area contributed by atoms with Gasteiger partial charge in [0.1, 0.15) is 12.1 Å². The number of thiophene rings is 1. The van der Waals surface area contributed by atoms with E-state index >= 15 is 0 Å². The molecule has 3 heterocycles. The van der Waals surface area contributed by atoms with Gasteiger partial charge in [-0.25, -0.2) is 19.9 Å². The van der Waals surface area contributed by atoms with Gasteiger partial charge in [0, 0.05) is 47.2 Å². The molecule has 2 aromatic carbocycles. The van der Waals surface area contributed by atoms with Crippen molar-refractivity contribution < 1.29 is 19.5 Å². The number of carboxylic acid groups (broad SMARTS) is 1. The molecule has 2 atom stereocenters. The van der Waals surface area contributed by atoms with Crippen LogP contribution in [0, 0.1) is 0 Å². The third-order valence-electron chi connectivity index (χ3n) is 7.24. The van der Waals surface area contributed by atoms with Crippen LogP contribution in [0.2, 0.25) is 0 Å². The minimum Gasteiger partial charge on any atom is -0.480 e. The lowest BCUT2D eigenvalue weighted by Crippen LogP contribution is -2.51. The second-order valence-electron chi connectivity index (χ2n) is 11.9. The number of carboxylic acids is 1. The van der Waals surface area contributed by atoms with Crippen LogP contribution in [-0.2, 0) is 21.4 Å². The van der Waals surface area contributed by atoms with Gasteiger partial charge in [0.05, 0.1) is 10.4 Å². The zero-order chi connectivity index (χ0) is 32.8. The lowest BCUT2D eigenvalue weighted by molar-refractivity contribution is -0.141. The number of aliphatic carboxylic acids is 1. The number of carbonyl (C=O) groups is 3. The maximum absolute atomic E-state index is 13.1. The summed E-state index contributed by atoms with van der Waals surface area (Å²) in [5.74, 6) is -1.13. The predicted molar refractivity (Wildman–Crippen MR) is 177 cm³/mol. The summed E-state index contributed by atoms with van der Waals surface area (Å²) in [5.41, 5.74) is 4.03. The van der Waals surface area contributed by atoms with E-state index in [4.69, 9.17) is 0 Å². The van der Waals surface area contributed by atoms with Crippen molar-refractivity contribution in [2.45, 2.75) is 51.6 Å². The Balaban J connectivity index is 1.28. The highest BCUT2D eigenvalue weighted by Crippen LogP contribution is 2.29. The van der Waals surface area contributed by atoms with Crippen LogP contribution in [0.4, 0.5) is 0 Å². The van der Waals surface area contributed by atoms with Crippen molar-refractivity contribution in [1.82, 2.24) is 30.6 Å². The zero-order valence-electron chi connectivity index (χ0n) is 25.9. The number of rotatable bonds is 10. The summed E-state index contributed by atoms with van der Waals surface area (Å²) in [7, 11) is 0. The summed E-state index contributed by atoms with van der Waals surface area (Å²) < 4.78 is 0. The fraction of sp³-hybridized carbons (Fsp3) is 0.229. The minimum atomic E-state index is -1.17. The number of hydrogen-bond acceptors (Lipinski definition) is 8. The molecule has 5 aromatic rings. The Kier molecular flexibility index (Phi) is 9.62. The molecule has 0 bridgehead atoms. The highest BCUT2D eigenvalue weighted by Gasteiger charge is 2.26. The van der Waals surface area contributed by atoms with E-state index < -0.39 is 29.9 Å². The summed E-state index contributed by atoms with van der Waals surface area (Å²) in [5, 5.41) is 14.6. The number of carbonyl (C=O) groups excluding carboxylic acids is 2. The molecule has 0 radical (unpaired) electrons. The summed E-state index contributed by atoms with van der Waals surface area (Å²) in [6.07, 6.45) is 7.03. The summed E-state index contributed by atoms with van der Waals surface area (Å²) >= 11 is 1.37. The molecule has 0 unspecified atom stereocenters. The summed E-state index contributed by atoms with van der Waals surface area (Å²) in [6.45, 7) is 7.56. The van der Waals surface area contributed by atoms with Gasteiger partial charge >= 0.3 is 5.97 Å². The monoisotopic (exact) mass is 634 g/mol. The van der Waals surface area contributed by atoms with E-state index in [-0.39, 0.29) is 11.8 Å². The van der Waals surface area contributed by atoms with Gasteiger partial charge in [-0.1, -0.05) is 75.4 Å². The van der Waals surface area contributed by atoms with E-state index in [1.807, 2.05) is 60.7 Å². The lowest BCUT2D eigenvalue weighted by Gasteiger charge is -2.20. The zero-order valence-corrected chi connectivity index (χ0v) is 26.7. The smallest absolute Gasteiger partial charge is 0.325 e. The van der Waals surface area contributed by atoms with E-state index in [0.717, 1.165) is 27.1 Å². The van der Waals surface area contributed by atoms with Gasteiger partial charge in [-0.15, -0.1) is 11.3 Å². The van der Waals surface area contributed by atoms with Crippen molar-refractivity contribution >= 4 is 29.1 Å². The molecule has 0 saturated carbocycles. The first-order valence-corrected chi connectivity index (χ1v) is 15.5.